The largest absolute Gasteiger partial charge is 0.480 e. The molecular formula is C10H17NO3. The lowest BCUT2D eigenvalue weighted by atomic mass is 9.88. The van der Waals surface area contributed by atoms with Crippen molar-refractivity contribution in [3.8, 4) is 0 Å². The Kier molecular flexibility index (Phi) is 3.92. The molecular weight excluding hydrogens is 182 g/mol. The van der Waals surface area contributed by atoms with Crippen molar-refractivity contribution in [3.63, 3.8) is 0 Å². The Morgan fingerprint density at radius 1 is 1.29 bits per heavy atom. The molecule has 0 aromatic heterocycles. The van der Waals surface area contributed by atoms with E-state index in [9.17, 15) is 9.59 Å². The topological polar surface area (TPSA) is 57.6 Å². The maximum atomic E-state index is 11.7. The predicted molar refractivity (Wildman–Crippen MR) is 51.8 cm³/mol. The van der Waals surface area contributed by atoms with Crippen LogP contribution in [0.5, 0.6) is 0 Å². The summed E-state index contributed by atoms with van der Waals surface area (Å²) in [5.74, 6) is -0.892. The first-order valence-electron chi connectivity index (χ1n) is 5.08. The van der Waals surface area contributed by atoms with Crippen LogP contribution >= 0.6 is 0 Å². The van der Waals surface area contributed by atoms with Crippen molar-refractivity contribution in [3.05, 3.63) is 0 Å². The molecule has 4 heteroatoms. The second-order valence-electron chi connectivity index (χ2n) is 3.92. The van der Waals surface area contributed by atoms with Crippen LogP contribution < -0.4 is 0 Å². The first kappa shape index (κ1) is 11.0. The zero-order chi connectivity index (χ0) is 10.6. The number of amides is 1. The minimum Gasteiger partial charge on any atom is -0.480 e. The van der Waals surface area contributed by atoms with Gasteiger partial charge in [0.05, 0.1) is 0 Å². The fourth-order valence-corrected chi connectivity index (χ4v) is 1.94. The van der Waals surface area contributed by atoms with E-state index < -0.39 is 5.97 Å². The van der Waals surface area contributed by atoms with Gasteiger partial charge in [0, 0.05) is 13.0 Å². The fraction of sp³-hybridized carbons (Fsp3) is 0.800. The number of carboxylic acid groups (broad SMARTS) is 1. The molecule has 0 spiro atoms. The maximum Gasteiger partial charge on any atom is 0.323 e. The van der Waals surface area contributed by atoms with Crippen LogP contribution in [0.15, 0.2) is 0 Å². The average Bonchev–Trinajstić information content (AvgIpc) is 2.17. The third-order valence-corrected chi connectivity index (χ3v) is 2.70. The molecule has 4 nitrogen and oxygen atoms in total. The van der Waals surface area contributed by atoms with E-state index in [-0.39, 0.29) is 18.4 Å². The molecule has 1 saturated carbocycles. The van der Waals surface area contributed by atoms with Gasteiger partial charge in [0.25, 0.3) is 0 Å². The summed E-state index contributed by atoms with van der Waals surface area (Å²) in [6.07, 6.45) is 5.23. The van der Waals surface area contributed by atoms with E-state index in [1.807, 2.05) is 0 Å². The van der Waals surface area contributed by atoms with Gasteiger partial charge in [-0.05, 0) is 12.8 Å². The van der Waals surface area contributed by atoms with Gasteiger partial charge in [-0.1, -0.05) is 19.3 Å². The normalized spacial score (nSPS) is 17.8. The SMILES string of the molecule is CN(CC(=O)O)C(=O)C1CCCCC1. The molecule has 80 valence electrons. The number of hydrogen-bond donors (Lipinski definition) is 1. The summed E-state index contributed by atoms with van der Waals surface area (Å²) in [5.41, 5.74) is 0. The first-order valence-corrected chi connectivity index (χ1v) is 5.08. The van der Waals surface area contributed by atoms with Gasteiger partial charge in [0.1, 0.15) is 6.54 Å². The Morgan fingerprint density at radius 2 is 1.86 bits per heavy atom. The summed E-state index contributed by atoms with van der Waals surface area (Å²) in [7, 11) is 1.56. The number of likely N-dealkylation sites (N-methyl/N-ethyl adjacent to an activating group) is 1. The highest BCUT2D eigenvalue weighted by Crippen LogP contribution is 2.24. The highest BCUT2D eigenvalue weighted by molar-refractivity contribution is 5.82. The molecule has 0 aliphatic heterocycles. The summed E-state index contributed by atoms with van der Waals surface area (Å²) in [4.78, 5) is 23.4. The Labute approximate surface area is 83.9 Å². The Bertz CT molecular complexity index is 221. The number of hydrogen-bond acceptors (Lipinski definition) is 2. The number of nitrogens with zero attached hydrogens (tertiary/aromatic N) is 1. The molecule has 0 unspecified atom stereocenters. The summed E-state index contributed by atoms with van der Waals surface area (Å²) >= 11 is 0. The highest BCUT2D eigenvalue weighted by atomic mass is 16.4. The van der Waals surface area contributed by atoms with Crippen LogP contribution in [0.1, 0.15) is 32.1 Å². The second kappa shape index (κ2) is 4.98. The zero-order valence-corrected chi connectivity index (χ0v) is 8.53. The molecule has 0 heterocycles. The average molecular weight is 199 g/mol. The molecule has 1 rings (SSSR count). The zero-order valence-electron chi connectivity index (χ0n) is 8.53. The molecule has 1 N–H and O–H groups in total. The van der Waals surface area contributed by atoms with E-state index >= 15 is 0 Å². The Hall–Kier alpha value is -1.06. The highest BCUT2D eigenvalue weighted by Gasteiger charge is 2.24. The minimum absolute atomic E-state index is 0.00731. The monoisotopic (exact) mass is 199 g/mol. The van der Waals surface area contributed by atoms with E-state index in [4.69, 9.17) is 5.11 Å². The van der Waals surface area contributed by atoms with Gasteiger partial charge in [-0.25, -0.2) is 0 Å². The van der Waals surface area contributed by atoms with Crippen LogP contribution in [0.4, 0.5) is 0 Å². The number of carboxylic acids is 1. The van der Waals surface area contributed by atoms with Gasteiger partial charge in [0.15, 0.2) is 0 Å². The van der Waals surface area contributed by atoms with Crippen molar-refractivity contribution in [2.75, 3.05) is 13.6 Å². The van der Waals surface area contributed by atoms with Gasteiger partial charge >= 0.3 is 5.97 Å². The van der Waals surface area contributed by atoms with Crippen molar-refractivity contribution < 1.29 is 14.7 Å². The Morgan fingerprint density at radius 3 is 2.36 bits per heavy atom. The number of aliphatic carboxylic acids is 1. The van der Waals surface area contributed by atoms with Gasteiger partial charge < -0.3 is 10.0 Å². The van der Waals surface area contributed by atoms with E-state index in [0.29, 0.717) is 0 Å². The van der Waals surface area contributed by atoms with Gasteiger partial charge in [-0.15, -0.1) is 0 Å². The lowest BCUT2D eigenvalue weighted by Gasteiger charge is -2.25. The van der Waals surface area contributed by atoms with Crippen LogP contribution in [-0.2, 0) is 9.59 Å². The standard InChI is InChI=1S/C10H17NO3/c1-11(7-9(12)13)10(14)8-5-3-2-4-6-8/h8H,2-7H2,1H3,(H,12,13). The molecule has 0 saturated heterocycles. The molecule has 0 bridgehead atoms. The quantitative estimate of drug-likeness (QED) is 0.740. The molecule has 1 aliphatic carbocycles. The van der Waals surface area contributed by atoms with Gasteiger partial charge in [0.2, 0.25) is 5.91 Å². The van der Waals surface area contributed by atoms with Crippen LogP contribution in [0, 0.1) is 5.92 Å². The lowest BCUT2D eigenvalue weighted by Crippen LogP contribution is -2.37. The first-order chi connectivity index (χ1) is 6.61. The van der Waals surface area contributed by atoms with E-state index in [0.717, 1.165) is 25.7 Å². The maximum absolute atomic E-state index is 11.7. The Balaban J connectivity index is 2.42. The molecule has 0 aromatic carbocycles. The van der Waals surface area contributed by atoms with Gasteiger partial charge in [-0.2, -0.15) is 0 Å². The summed E-state index contributed by atoms with van der Waals surface area (Å²) in [5, 5.41) is 8.54. The fourth-order valence-electron chi connectivity index (χ4n) is 1.94. The summed E-state index contributed by atoms with van der Waals surface area (Å²) < 4.78 is 0. The van der Waals surface area contributed by atoms with Crippen LogP contribution in [0.2, 0.25) is 0 Å². The molecule has 1 aliphatic rings. The minimum atomic E-state index is -0.948. The summed E-state index contributed by atoms with van der Waals surface area (Å²) in [6, 6.07) is 0. The van der Waals surface area contributed by atoms with Crippen molar-refractivity contribution in [2.24, 2.45) is 5.92 Å². The van der Waals surface area contributed by atoms with Gasteiger partial charge in [-0.3, -0.25) is 9.59 Å². The smallest absolute Gasteiger partial charge is 0.323 e. The van der Waals surface area contributed by atoms with Crippen LogP contribution in [-0.4, -0.2) is 35.5 Å². The van der Waals surface area contributed by atoms with Crippen molar-refractivity contribution in [1.29, 1.82) is 0 Å². The van der Waals surface area contributed by atoms with Crippen LogP contribution in [0.25, 0.3) is 0 Å². The summed E-state index contributed by atoms with van der Waals surface area (Å²) in [6.45, 7) is -0.185. The number of rotatable bonds is 3. The molecule has 14 heavy (non-hydrogen) atoms. The molecule has 0 radical (unpaired) electrons. The van der Waals surface area contributed by atoms with E-state index in [2.05, 4.69) is 0 Å². The van der Waals surface area contributed by atoms with Crippen molar-refractivity contribution in [2.45, 2.75) is 32.1 Å². The van der Waals surface area contributed by atoms with Crippen molar-refractivity contribution >= 4 is 11.9 Å². The van der Waals surface area contributed by atoms with E-state index in [1.165, 1.54) is 11.3 Å². The number of carbonyl (C=O) groups excluding carboxylic acids is 1. The predicted octanol–water partition coefficient (Wildman–Crippen LogP) is 1.11. The lowest BCUT2D eigenvalue weighted by molar-refractivity contribution is -0.145. The second-order valence-corrected chi connectivity index (χ2v) is 3.92. The van der Waals surface area contributed by atoms with Crippen LogP contribution in [0.3, 0.4) is 0 Å². The molecule has 1 amide bonds. The van der Waals surface area contributed by atoms with E-state index in [1.54, 1.807) is 7.05 Å². The third kappa shape index (κ3) is 3.01. The number of carbonyl (C=O) groups is 2. The molecule has 0 atom stereocenters. The molecule has 0 aromatic rings. The third-order valence-electron chi connectivity index (χ3n) is 2.70. The molecule has 1 fully saturated rings. The van der Waals surface area contributed by atoms with Crippen molar-refractivity contribution in [1.82, 2.24) is 4.90 Å².